The van der Waals surface area contributed by atoms with Crippen LogP contribution >= 0.6 is 0 Å². The van der Waals surface area contributed by atoms with E-state index in [1.165, 1.54) is 16.7 Å². The van der Waals surface area contributed by atoms with Crippen molar-refractivity contribution in [3.8, 4) is 0 Å². The first-order chi connectivity index (χ1) is 14.0. The summed E-state index contributed by atoms with van der Waals surface area (Å²) < 4.78 is 5.82. The van der Waals surface area contributed by atoms with E-state index >= 15 is 0 Å². The Bertz CT molecular complexity index is 824. The van der Waals surface area contributed by atoms with Crippen molar-refractivity contribution in [3.05, 3.63) is 65.2 Å². The summed E-state index contributed by atoms with van der Waals surface area (Å²) in [7, 11) is 0. The number of nitrogens with zero attached hydrogens (tertiary/aromatic N) is 1. The standard InChI is InChI=1S/C23H29NO5/c1-2-14-7-9-15(10-8-14)11-16-12-24(18-6-4-3-5-17(16)18)23-22(28)21(27)20(26)19(13-25)29-23/h3-10,16,19-23,25-28H,2,11-13H2,1H3/t16?,19-,20-,21+,22-,23-/m1/s1. The smallest absolute Gasteiger partial charge is 0.159 e. The molecular weight excluding hydrogens is 370 g/mol. The zero-order chi connectivity index (χ0) is 20.5. The summed E-state index contributed by atoms with van der Waals surface area (Å²) >= 11 is 0. The Morgan fingerprint density at radius 3 is 2.31 bits per heavy atom. The average Bonchev–Trinajstić information content (AvgIpc) is 3.11. The molecule has 0 saturated carbocycles. The van der Waals surface area contributed by atoms with Gasteiger partial charge in [-0.25, -0.2) is 0 Å². The number of rotatable bonds is 5. The molecule has 2 aromatic carbocycles. The third-order valence-electron chi connectivity index (χ3n) is 6.19. The molecule has 156 valence electrons. The van der Waals surface area contributed by atoms with Crippen molar-refractivity contribution in [1.82, 2.24) is 0 Å². The summed E-state index contributed by atoms with van der Waals surface area (Å²) in [5.74, 6) is 0.214. The number of hydrogen-bond donors (Lipinski definition) is 4. The van der Waals surface area contributed by atoms with Crippen LogP contribution in [0.1, 0.15) is 29.5 Å². The van der Waals surface area contributed by atoms with E-state index in [0.29, 0.717) is 6.54 Å². The van der Waals surface area contributed by atoms with E-state index < -0.39 is 37.3 Å². The monoisotopic (exact) mass is 399 g/mol. The van der Waals surface area contributed by atoms with Crippen molar-refractivity contribution in [2.75, 3.05) is 18.1 Å². The third-order valence-corrected chi connectivity index (χ3v) is 6.19. The van der Waals surface area contributed by atoms with E-state index in [4.69, 9.17) is 4.74 Å². The van der Waals surface area contributed by atoms with Crippen molar-refractivity contribution >= 4 is 5.69 Å². The largest absolute Gasteiger partial charge is 0.394 e. The highest BCUT2D eigenvalue weighted by Gasteiger charge is 2.47. The van der Waals surface area contributed by atoms with E-state index in [9.17, 15) is 20.4 Å². The first kappa shape index (κ1) is 20.3. The van der Waals surface area contributed by atoms with E-state index in [-0.39, 0.29) is 5.92 Å². The number of anilines is 1. The van der Waals surface area contributed by atoms with E-state index in [1.54, 1.807) is 0 Å². The molecular formula is C23H29NO5. The van der Waals surface area contributed by atoms with Gasteiger partial charge in [0, 0.05) is 18.2 Å². The fraction of sp³-hybridized carbons (Fsp3) is 0.478. The van der Waals surface area contributed by atoms with Gasteiger partial charge in [-0.2, -0.15) is 0 Å². The Balaban J connectivity index is 1.59. The lowest BCUT2D eigenvalue weighted by Crippen LogP contribution is -2.63. The van der Waals surface area contributed by atoms with Crippen LogP contribution in [0, 0.1) is 0 Å². The molecule has 0 aliphatic carbocycles. The lowest BCUT2D eigenvalue weighted by molar-refractivity contribution is -0.228. The van der Waals surface area contributed by atoms with Crippen LogP contribution in [0.25, 0.3) is 0 Å². The number of aliphatic hydroxyl groups is 4. The third kappa shape index (κ3) is 3.79. The zero-order valence-electron chi connectivity index (χ0n) is 16.6. The van der Waals surface area contributed by atoms with Gasteiger partial charge in [-0.1, -0.05) is 49.4 Å². The second kappa shape index (κ2) is 8.42. The average molecular weight is 399 g/mol. The predicted molar refractivity (Wildman–Crippen MR) is 110 cm³/mol. The second-order valence-electron chi connectivity index (χ2n) is 8.00. The van der Waals surface area contributed by atoms with Crippen molar-refractivity contribution in [3.63, 3.8) is 0 Å². The normalized spacial score (nSPS) is 31.7. The number of aryl methyl sites for hydroxylation is 1. The number of fused-ring (bicyclic) bond motifs is 1. The van der Waals surface area contributed by atoms with E-state index in [2.05, 4.69) is 37.3 Å². The molecule has 0 radical (unpaired) electrons. The van der Waals surface area contributed by atoms with Crippen LogP contribution in [0.15, 0.2) is 48.5 Å². The van der Waals surface area contributed by atoms with E-state index in [1.807, 2.05) is 23.1 Å². The summed E-state index contributed by atoms with van der Waals surface area (Å²) in [6, 6.07) is 16.7. The minimum atomic E-state index is -1.38. The molecule has 0 spiro atoms. The van der Waals surface area contributed by atoms with Gasteiger partial charge in [-0.15, -0.1) is 0 Å². The first-order valence-electron chi connectivity index (χ1n) is 10.3. The van der Waals surface area contributed by atoms with Crippen LogP contribution in [0.3, 0.4) is 0 Å². The molecule has 4 N–H and O–H groups in total. The van der Waals surface area contributed by atoms with Crippen molar-refractivity contribution in [1.29, 1.82) is 0 Å². The number of para-hydroxylation sites is 1. The molecule has 0 bridgehead atoms. The summed E-state index contributed by atoms with van der Waals surface area (Å²) in [4.78, 5) is 1.95. The molecule has 1 saturated heterocycles. The molecule has 1 unspecified atom stereocenters. The van der Waals surface area contributed by atoms with Gasteiger partial charge in [0.25, 0.3) is 0 Å². The van der Waals surface area contributed by atoms with Gasteiger partial charge in [0.15, 0.2) is 6.23 Å². The summed E-state index contributed by atoms with van der Waals surface area (Å²) in [5.41, 5.74) is 4.68. The zero-order valence-corrected chi connectivity index (χ0v) is 16.6. The highest BCUT2D eigenvalue weighted by molar-refractivity contribution is 5.61. The van der Waals surface area contributed by atoms with Gasteiger partial charge >= 0.3 is 0 Å². The number of benzene rings is 2. The van der Waals surface area contributed by atoms with Crippen LogP contribution in [-0.2, 0) is 17.6 Å². The van der Waals surface area contributed by atoms with Crippen molar-refractivity contribution in [2.45, 2.75) is 56.3 Å². The van der Waals surface area contributed by atoms with Gasteiger partial charge in [-0.3, -0.25) is 0 Å². The van der Waals surface area contributed by atoms with Gasteiger partial charge in [-0.05, 0) is 35.6 Å². The molecule has 2 aromatic rings. The number of ether oxygens (including phenoxy) is 1. The molecule has 29 heavy (non-hydrogen) atoms. The Morgan fingerprint density at radius 2 is 1.62 bits per heavy atom. The molecule has 0 amide bonds. The van der Waals surface area contributed by atoms with Gasteiger partial charge < -0.3 is 30.1 Å². The van der Waals surface area contributed by atoms with Gasteiger partial charge in [0.05, 0.1) is 6.61 Å². The SMILES string of the molecule is CCc1ccc(CC2CN([C@@H]3O[C@H](CO)[C@@H](O)[C@H](O)[C@H]3O)c3ccccc32)cc1. The summed E-state index contributed by atoms with van der Waals surface area (Å²) in [6.45, 7) is 2.34. The van der Waals surface area contributed by atoms with Crippen LogP contribution in [0.4, 0.5) is 5.69 Å². The maximum Gasteiger partial charge on any atom is 0.159 e. The molecule has 0 aromatic heterocycles. The molecule has 6 nitrogen and oxygen atoms in total. The van der Waals surface area contributed by atoms with E-state index in [0.717, 1.165) is 18.5 Å². The first-order valence-corrected chi connectivity index (χ1v) is 10.3. The lowest BCUT2D eigenvalue weighted by atomic mass is 9.93. The van der Waals surface area contributed by atoms with Crippen LogP contribution in [0.2, 0.25) is 0 Å². The molecule has 2 aliphatic rings. The Labute approximate surface area is 171 Å². The Hall–Kier alpha value is -1.96. The summed E-state index contributed by atoms with van der Waals surface area (Å²) in [5, 5.41) is 40.4. The molecule has 6 atom stereocenters. The number of aliphatic hydroxyl groups excluding tert-OH is 4. The molecule has 4 rings (SSSR count). The second-order valence-corrected chi connectivity index (χ2v) is 8.00. The van der Waals surface area contributed by atoms with Crippen molar-refractivity contribution < 1.29 is 25.2 Å². The molecule has 2 heterocycles. The van der Waals surface area contributed by atoms with Crippen molar-refractivity contribution in [2.24, 2.45) is 0 Å². The van der Waals surface area contributed by atoms with Crippen LogP contribution in [0.5, 0.6) is 0 Å². The fourth-order valence-electron chi connectivity index (χ4n) is 4.48. The minimum Gasteiger partial charge on any atom is -0.394 e. The minimum absolute atomic E-state index is 0.214. The van der Waals surface area contributed by atoms with Crippen LogP contribution < -0.4 is 4.90 Å². The molecule has 1 fully saturated rings. The fourth-order valence-corrected chi connectivity index (χ4v) is 4.48. The highest BCUT2D eigenvalue weighted by atomic mass is 16.6. The predicted octanol–water partition coefficient (Wildman–Crippen LogP) is 1.20. The maximum absolute atomic E-state index is 10.6. The number of hydrogen-bond acceptors (Lipinski definition) is 6. The Morgan fingerprint density at radius 1 is 0.931 bits per heavy atom. The lowest BCUT2D eigenvalue weighted by Gasteiger charge is -2.44. The topological polar surface area (TPSA) is 93.4 Å². The van der Waals surface area contributed by atoms with Crippen LogP contribution in [-0.4, -0.2) is 64.2 Å². The molecule has 2 aliphatic heterocycles. The molecule has 6 heteroatoms. The quantitative estimate of drug-likeness (QED) is 0.604. The highest BCUT2D eigenvalue weighted by Crippen LogP contribution is 2.41. The maximum atomic E-state index is 10.6. The summed E-state index contributed by atoms with van der Waals surface area (Å²) in [6.07, 6.45) is -3.88. The van der Waals surface area contributed by atoms with Gasteiger partial charge in [0.1, 0.15) is 24.4 Å². The van der Waals surface area contributed by atoms with Gasteiger partial charge in [0.2, 0.25) is 0 Å². The Kier molecular flexibility index (Phi) is 5.90.